The molecule has 6 nitrogen and oxygen atoms in total. The van der Waals surface area contributed by atoms with Gasteiger partial charge < -0.3 is 25.2 Å². The predicted octanol–water partition coefficient (Wildman–Crippen LogP) is -1.42. The van der Waals surface area contributed by atoms with Crippen molar-refractivity contribution in [1.82, 2.24) is 15.1 Å². The minimum atomic E-state index is -0.776. The smallest absolute Gasteiger partial charge is 0.0869 e. The van der Waals surface area contributed by atoms with Crippen LogP contribution >= 0.6 is 0 Å². The predicted molar refractivity (Wildman–Crippen MR) is 75.3 cm³/mol. The molecule has 0 saturated carbocycles. The molecule has 0 aromatic carbocycles. The molecule has 0 aromatic rings. The fourth-order valence-electron chi connectivity index (χ4n) is 2.39. The number of likely N-dealkylation sites (N-methyl/N-ethyl adjacent to an activating group) is 1. The number of rotatable bonds is 8. The van der Waals surface area contributed by atoms with E-state index in [0.717, 1.165) is 26.3 Å². The van der Waals surface area contributed by atoms with Crippen molar-refractivity contribution in [1.29, 1.82) is 0 Å². The number of nitrogens with one attached hydrogen (secondary N) is 1. The molecule has 6 heteroatoms. The van der Waals surface area contributed by atoms with Gasteiger partial charge in [0.2, 0.25) is 0 Å². The van der Waals surface area contributed by atoms with E-state index in [1.165, 1.54) is 0 Å². The van der Waals surface area contributed by atoms with Crippen LogP contribution in [0.25, 0.3) is 0 Å². The highest BCUT2D eigenvalue weighted by molar-refractivity contribution is 4.79. The molecule has 1 saturated heterocycles. The van der Waals surface area contributed by atoms with Crippen LogP contribution < -0.4 is 5.32 Å². The van der Waals surface area contributed by atoms with Crippen LogP contribution in [0.1, 0.15) is 6.92 Å². The molecule has 1 aliphatic heterocycles. The first-order valence-corrected chi connectivity index (χ1v) is 6.95. The number of β-amino-alcohol motifs (C(OH)–C–C–N with tert-alkyl or cyclic N) is 1. The number of ether oxygens (including phenoxy) is 1. The van der Waals surface area contributed by atoms with Crippen LogP contribution in [0.4, 0.5) is 0 Å². The molecular formula is C13H29N3O3. The van der Waals surface area contributed by atoms with E-state index in [4.69, 9.17) is 4.74 Å². The fourth-order valence-corrected chi connectivity index (χ4v) is 2.39. The van der Waals surface area contributed by atoms with E-state index in [1.807, 2.05) is 19.0 Å². The van der Waals surface area contributed by atoms with Crippen molar-refractivity contribution in [3.8, 4) is 0 Å². The van der Waals surface area contributed by atoms with E-state index >= 15 is 0 Å². The van der Waals surface area contributed by atoms with Gasteiger partial charge in [0.1, 0.15) is 0 Å². The zero-order valence-corrected chi connectivity index (χ0v) is 12.4. The zero-order chi connectivity index (χ0) is 14.3. The maximum atomic E-state index is 10.1. The highest BCUT2D eigenvalue weighted by Crippen LogP contribution is 2.03. The quantitative estimate of drug-likeness (QED) is 0.505. The summed E-state index contributed by atoms with van der Waals surface area (Å²) in [5.41, 5.74) is -0.776. The van der Waals surface area contributed by atoms with Crippen molar-refractivity contribution < 1.29 is 14.9 Å². The summed E-state index contributed by atoms with van der Waals surface area (Å²) in [4.78, 5) is 4.15. The number of aliphatic hydroxyl groups excluding tert-OH is 1. The molecule has 2 unspecified atom stereocenters. The number of nitrogens with zero attached hydrogens (tertiary/aromatic N) is 2. The third-order valence-corrected chi connectivity index (χ3v) is 3.12. The van der Waals surface area contributed by atoms with E-state index in [9.17, 15) is 10.2 Å². The summed E-state index contributed by atoms with van der Waals surface area (Å²) in [6, 6.07) is 0. The minimum absolute atomic E-state index is 0.409. The second-order valence-corrected chi connectivity index (χ2v) is 5.93. The van der Waals surface area contributed by atoms with Crippen molar-refractivity contribution in [3.05, 3.63) is 0 Å². The molecule has 3 N–H and O–H groups in total. The Labute approximate surface area is 116 Å². The average Bonchev–Trinajstić information content (AvgIpc) is 2.28. The molecule has 1 heterocycles. The van der Waals surface area contributed by atoms with Gasteiger partial charge in [-0.25, -0.2) is 0 Å². The van der Waals surface area contributed by atoms with Gasteiger partial charge in [-0.3, -0.25) is 4.90 Å². The number of aliphatic hydroxyl groups is 2. The lowest BCUT2D eigenvalue weighted by Crippen LogP contribution is -2.49. The van der Waals surface area contributed by atoms with E-state index in [-0.39, 0.29) is 0 Å². The van der Waals surface area contributed by atoms with Gasteiger partial charge in [0.05, 0.1) is 24.9 Å². The highest BCUT2D eigenvalue weighted by atomic mass is 16.5. The summed E-state index contributed by atoms with van der Waals surface area (Å²) in [7, 11) is 3.86. The summed E-state index contributed by atoms with van der Waals surface area (Å²) < 4.78 is 5.27. The Balaban J connectivity index is 2.13. The summed E-state index contributed by atoms with van der Waals surface area (Å²) in [5, 5.41) is 23.2. The van der Waals surface area contributed by atoms with Crippen LogP contribution in [-0.4, -0.2) is 98.3 Å². The average molecular weight is 275 g/mol. The van der Waals surface area contributed by atoms with Crippen molar-refractivity contribution in [2.24, 2.45) is 0 Å². The summed E-state index contributed by atoms with van der Waals surface area (Å²) >= 11 is 0. The van der Waals surface area contributed by atoms with E-state index in [2.05, 4.69) is 10.2 Å². The Morgan fingerprint density at radius 2 is 2.00 bits per heavy atom. The standard InChI is InChI=1S/C13H29N3O3/c1-13(18,11-15(2)3)10-14-8-12(17)9-16-4-6-19-7-5-16/h12,14,17-18H,4-11H2,1-3H3. The first-order chi connectivity index (χ1) is 8.89. The van der Waals surface area contributed by atoms with Crippen LogP contribution in [0.15, 0.2) is 0 Å². The van der Waals surface area contributed by atoms with Gasteiger partial charge in [0.15, 0.2) is 0 Å². The molecule has 0 bridgehead atoms. The maximum Gasteiger partial charge on any atom is 0.0869 e. The number of hydrogen-bond acceptors (Lipinski definition) is 6. The lowest BCUT2D eigenvalue weighted by molar-refractivity contribution is 0.0101. The van der Waals surface area contributed by atoms with Gasteiger partial charge in [0, 0.05) is 39.3 Å². The van der Waals surface area contributed by atoms with E-state index in [0.29, 0.717) is 26.2 Å². The molecule has 19 heavy (non-hydrogen) atoms. The third-order valence-electron chi connectivity index (χ3n) is 3.12. The Hall–Kier alpha value is -0.240. The number of morpholine rings is 1. The first kappa shape index (κ1) is 16.8. The number of hydrogen-bond donors (Lipinski definition) is 3. The van der Waals surface area contributed by atoms with Gasteiger partial charge in [-0.05, 0) is 21.0 Å². The lowest BCUT2D eigenvalue weighted by atomic mass is 10.1. The molecule has 0 spiro atoms. The molecule has 0 radical (unpaired) electrons. The highest BCUT2D eigenvalue weighted by Gasteiger charge is 2.21. The van der Waals surface area contributed by atoms with Crippen LogP contribution in [0.5, 0.6) is 0 Å². The molecule has 0 amide bonds. The van der Waals surface area contributed by atoms with Crippen LogP contribution in [0.2, 0.25) is 0 Å². The topological polar surface area (TPSA) is 68.2 Å². The van der Waals surface area contributed by atoms with Gasteiger partial charge in [0.25, 0.3) is 0 Å². The molecule has 0 aromatic heterocycles. The summed E-state index contributed by atoms with van der Waals surface area (Å²) in [6.45, 7) is 7.30. The fraction of sp³-hybridized carbons (Fsp3) is 1.00. The Bertz CT molecular complexity index is 243. The van der Waals surface area contributed by atoms with Gasteiger partial charge in [-0.2, -0.15) is 0 Å². The second kappa shape index (κ2) is 8.14. The van der Waals surface area contributed by atoms with Crippen molar-refractivity contribution in [2.45, 2.75) is 18.6 Å². The normalized spacial score (nSPS) is 22.4. The first-order valence-electron chi connectivity index (χ1n) is 6.95. The molecule has 2 atom stereocenters. The largest absolute Gasteiger partial charge is 0.390 e. The SMILES string of the molecule is CN(C)CC(C)(O)CNCC(O)CN1CCOCC1. The zero-order valence-electron chi connectivity index (χ0n) is 12.4. The molecule has 1 aliphatic rings. The summed E-state index contributed by atoms with van der Waals surface area (Å²) in [6.07, 6.45) is -0.409. The molecule has 0 aliphatic carbocycles. The molecule has 1 fully saturated rings. The Morgan fingerprint density at radius 1 is 1.37 bits per heavy atom. The van der Waals surface area contributed by atoms with Gasteiger partial charge in [-0.15, -0.1) is 0 Å². The van der Waals surface area contributed by atoms with Gasteiger partial charge in [-0.1, -0.05) is 0 Å². The monoisotopic (exact) mass is 275 g/mol. The lowest BCUT2D eigenvalue weighted by Gasteiger charge is -2.30. The maximum absolute atomic E-state index is 10.1. The third kappa shape index (κ3) is 7.81. The van der Waals surface area contributed by atoms with Crippen molar-refractivity contribution in [2.75, 3.05) is 66.6 Å². The molecule has 114 valence electrons. The Kier molecular flexibility index (Phi) is 7.20. The molecular weight excluding hydrogens is 246 g/mol. The minimum Gasteiger partial charge on any atom is -0.390 e. The van der Waals surface area contributed by atoms with Crippen molar-refractivity contribution >= 4 is 0 Å². The van der Waals surface area contributed by atoms with Crippen LogP contribution in [0.3, 0.4) is 0 Å². The Morgan fingerprint density at radius 3 is 2.58 bits per heavy atom. The van der Waals surface area contributed by atoms with Crippen LogP contribution in [-0.2, 0) is 4.74 Å². The molecule has 1 rings (SSSR count). The van der Waals surface area contributed by atoms with Crippen molar-refractivity contribution in [3.63, 3.8) is 0 Å². The van der Waals surface area contributed by atoms with E-state index in [1.54, 1.807) is 6.92 Å². The van der Waals surface area contributed by atoms with Gasteiger partial charge >= 0.3 is 0 Å². The second-order valence-electron chi connectivity index (χ2n) is 5.93. The van der Waals surface area contributed by atoms with Crippen LogP contribution in [0, 0.1) is 0 Å². The van der Waals surface area contributed by atoms with E-state index < -0.39 is 11.7 Å². The summed E-state index contributed by atoms with van der Waals surface area (Å²) in [5.74, 6) is 0.